The van der Waals surface area contributed by atoms with Gasteiger partial charge < -0.3 is 0 Å². The molecule has 12 rings (SSSR count). The molecule has 0 N–H and O–H groups in total. The van der Waals surface area contributed by atoms with Crippen LogP contribution in [0.2, 0.25) is 0 Å². The first-order valence-electron chi connectivity index (χ1n) is 18.9. The summed E-state index contributed by atoms with van der Waals surface area (Å²) in [5.74, 6) is 0. The Labute approximate surface area is 330 Å². The predicted molar refractivity (Wildman–Crippen MR) is 242 cm³/mol. The number of thiophene rings is 2. The summed E-state index contributed by atoms with van der Waals surface area (Å²) < 4.78 is 5.31. The largest absolute Gasteiger partial charge is 0.252 e. The predicted octanol–water partition coefficient (Wildman–Crippen LogP) is 15.3. The van der Waals surface area contributed by atoms with Gasteiger partial charge in [-0.3, -0.25) is 9.97 Å². The average Bonchev–Trinajstić information content (AvgIpc) is 3.85. The Bertz CT molecular complexity index is 3320. The highest BCUT2D eigenvalue weighted by molar-refractivity contribution is 7.26. The van der Waals surface area contributed by atoms with E-state index in [1.165, 1.54) is 95.6 Å². The standard InChI is InChI=1S/C52H30N2S2/c1-3-19-47-39(13-1)43-17-7-15-37(51(43)55-47)35-11-5-9-31(27-35)33-21-23-41-45(29-33)46-30-34(22-24-42(46)50-49(41)53-25-26-54-50)32-10-6-12-36(28-32)38-16-8-18-44-40-14-2-4-20-48(40)56-52(38)44/h1-30H. The van der Waals surface area contributed by atoms with Gasteiger partial charge in [0, 0.05) is 63.5 Å². The Hall–Kier alpha value is -6.72. The number of benzene rings is 9. The highest BCUT2D eigenvalue weighted by Crippen LogP contribution is 2.43. The van der Waals surface area contributed by atoms with E-state index in [9.17, 15) is 0 Å². The van der Waals surface area contributed by atoms with Crippen molar-refractivity contribution in [1.82, 2.24) is 9.97 Å². The van der Waals surface area contributed by atoms with Crippen LogP contribution in [-0.2, 0) is 0 Å². The SMILES string of the molecule is c1cc(-c2ccc3c(c2)c2cc(-c4cccc(-c5cccc6c5sc5ccccc56)c4)ccc2c2nccnc32)cc(-c2cccc3c2sc2ccccc23)c1. The van der Waals surface area contributed by atoms with E-state index >= 15 is 0 Å². The van der Waals surface area contributed by atoms with Crippen LogP contribution in [0.25, 0.3) is 117 Å². The molecule has 12 aromatic rings. The van der Waals surface area contributed by atoms with Gasteiger partial charge in [0.15, 0.2) is 0 Å². The van der Waals surface area contributed by atoms with Crippen molar-refractivity contribution in [3.05, 3.63) is 182 Å². The first kappa shape index (κ1) is 31.6. The Balaban J connectivity index is 1.01. The summed E-state index contributed by atoms with van der Waals surface area (Å²) in [7, 11) is 0. The fourth-order valence-corrected chi connectivity index (χ4v) is 11.2. The second-order valence-corrected chi connectivity index (χ2v) is 16.6. The fourth-order valence-electron chi connectivity index (χ4n) is 8.72. The van der Waals surface area contributed by atoms with Gasteiger partial charge in [0.2, 0.25) is 0 Å². The van der Waals surface area contributed by atoms with E-state index in [4.69, 9.17) is 9.97 Å². The highest BCUT2D eigenvalue weighted by atomic mass is 32.1. The topological polar surface area (TPSA) is 25.8 Å². The summed E-state index contributed by atoms with van der Waals surface area (Å²) in [6, 6.07) is 62.5. The van der Waals surface area contributed by atoms with Crippen LogP contribution in [0.15, 0.2) is 182 Å². The quantitative estimate of drug-likeness (QED) is 0.168. The van der Waals surface area contributed by atoms with Crippen molar-refractivity contribution in [1.29, 1.82) is 0 Å². The zero-order chi connectivity index (χ0) is 36.7. The Morgan fingerprint density at radius 1 is 0.286 bits per heavy atom. The molecule has 0 atom stereocenters. The molecule has 56 heavy (non-hydrogen) atoms. The molecule has 0 radical (unpaired) electrons. The Kier molecular flexibility index (Phi) is 7.00. The fraction of sp³-hybridized carbons (Fsp3) is 0. The molecule has 0 aliphatic rings. The lowest BCUT2D eigenvalue weighted by molar-refractivity contribution is 1.31. The molecule has 0 amide bonds. The monoisotopic (exact) mass is 746 g/mol. The molecule has 0 saturated heterocycles. The van der Waals surface area contributed by atoms with Crippen LogP contribution in [-0.4, -0.2) is 9.97 Å². The number of rotatable bonds is 4. The number of hydrogen-bond acceptors (Lipinski definition) is 4. The lowest BCUT2D eigenvalue weighted by atomic mass is 9.92. The van der Waals surface area contributed by atoms with Crippen LogP contribution >= 0.6 is 22.7 Å². The third kappa shape index (κ3) is 4.86. The van der Waals surface area contributed by atoms with Crippen molar-refractivity contribution in [2.24, 2.45) is 0 Å². The van der Waals surface area contributed by atoms with Crippen molar-refractivity contribution < 1.29 is 0 Å². The summed E-state index contributed by atoms with van der Waals surface area (Å²) >= 11 is 3.75. The summed E-state index contributed by atoms with van der Waals surface area (Å²) in [6.45, 7) is 0. The minimum absolute atomic E-state index is 0.929. The van der Waals surface area contributed by atoms with Crippen molar-refractivity contribution in [2.75, 3.05) is 0 Å². The first-order chi connectivity index (χ1) is 27.7. The van der Waals surface area contributed by atoms with E-state index in [2.05, 4.69) is 170 Å². The molecule has 0 spiro atoms. The van der Waals surface area contributed by atoms with Crippen molar-refractivity contribution in [3.63, 3.8) is 0 Å². The number of fused-ring (bicyclic) bond motifs is 12. The van der Waals surface area contributed by atoms with Gasteiger partial charge >= 0.3 is 0 Å². The minimum Gasteiger partial charge on any atom is -0.252 e. The normalized spacial score (nSPS) is 11.9. The van der Waals surface area contributed by atoms with Crippen molar-refractivity contribution >= 4 is 95.6 Å². The van der Waals surface area contributed by atoms with Gasteiger partial charge in [-0.25, -0.2) is 0 Å². The molecule has 0 aliphatic carbocycles. The van der Waals surface area contributed by atoms with E-state index in [0.717, 1.165) is 21.8 Å². The molecule has 0 saturated carbocycles. The lowest BCUT2D eigenvalue weighted by Gasteiger charge is -2.13. The van der Waals surface area contributed by atoms with Gasteiger partial charge in [0.25, 0.3) is 0 Å². The summed E-state index contributed by atoms with van der Waals surface area (Å²) in [5.41, 5.74) is 11.6. The van der Waals surface area contributed by atoms with Gasteiger partial charge in [0.05, 0.1) is 11.0 Å². The first-order valence-corrected chi connectivity index (χ1v) is 20.5. The van der Waals surface area contributed by atoms with E-state index in [-0.39, 0.29) is 0 Å². The van der Waals surface area contributed by atoms with Crippen LogP contribution in [0, 0.1) is 0 Å². The van der Waals surface area contributed by atoms with Crippen LogP contribution in [0.4, 0.5) is 0 Å². The second kappa shape index (κ2) is 12.4. The number of nitrogens with zero attached hydrogens (tertiary/aromatic N) is 2. The van der Waals surface area contributed by atoms with Gasteiger partial charge in [-0.2, -0.15) is 0 Å². The third-order valence-electron chi connectivity index (χ3n) is 11.4. The van der Waals surface area contributed by atoms with E-state index in [0.29, 0.717) is 0 Å². The van der Waals surface area contributed by atoms with Gasteiger partial charge in [0.1, 0.15) is 0 Å². The molecular formula is C52H30N2S2. The maximum atomic E-state index is 4.87. The number of aromatic nitrogens is 2. The zero-order valence-corrected chi connectivity index (χ0v) is 31.7. The summed E-state index contributed by atoms with van der Waals surface area (Å²) in [4.78, 5) is 9.74. The molecule has 260 valence electrons. The van der Waals surface area contributed by atoms with E-state index in [1.807, 2.05) is 22.7 Å². The summed E-state index contributed by atoms with van der Waals surface area (Å²) in [6.07, 6.45) is 3.60. The molecule has 4 heteroatoms. The maximum Gasteiger partial charge on any atom is 0.0971 e. The van der Waals surface area contributed by atoms with E-state index in [1.54, 1.807) is 12.4 Å². The third-order valence-corrected chi connectivity index (χ3v) is 13.8. The van der Waals surface area contributed by atoms with E-state index < -0.39 is 0 Å². The maximum absolute atomic E-state index is 4.87. The van der Waals surface area contributed by atoms with Gasteiger partial charge in [-0.15, -0.1) is 22.7 Å². The lowest BCUT2D eigenvalue weighted by Crippen LogP contribution is -1.90. The molecule has 0 bridgehead atoms. The van der Waals surface area contributed by atoms with Gasteiger partial charge in [-0.05, 0) is 91.7 Å². The summed E-state index contributed by atoms with van der Waals surface area (Å²) in [5, 5.41) is 9.85. The van der Waals surface area contributed by atoms with Crippen molar-refractivity contribution in [2.45, 2.75) is 0 Å². The minimum atomic E-state index is 0.929. The van der Waals surface area contributed by atoms with Gasteiger partial charge in [-0.1, -0.05) is 133 Å². The van der Waals surface area contributed by atoms with Crippen LogP contribution in [0.3, 0.4) is 0 Å². The molecule has 9 aromatic carbocycles. The molecule has 0 unspecified atom stereocenters. The van der Waals surface area contributed by atoms with Crippen molar-refractivity contribution in [3.8, 4) is 44.5 Å². The Morgan fingerprint density at radius 2 is 0.696 bits per heavy atom. The molecule has 3 aromatic heterocycles. The van der Waals surface area contributed by atoms with Crippen LogP contribution in [0.1, 0.15) is 0 Å². The zero-order valence-electron chi connectivity index (χ0n) is 30.0. The van der Waals surface area contributed by atoms with Crippen LogP contribution in [0.5, 0.6) is 0 Å². The average molecular weight is 747 g/mol. The Morgan fingerprint density at radius 3 is 1.20 bits per heavy atom. The second-order valence-electron chi connectivity index (χ2n) is 14.5. The molecule has 3 heterocycles. The highest BCUT2D eigenvalue weighted by Gasteiger charge is 2.16. The smallest absolute Gasteiger partial charge is 0.0971 e. The molecule has 2 nitrogen and oxygen atoms in total. The van der Waals surface area contributed by atoms with Crippen LogP contribution < -0.4 is 0 Å². The molecule has 0 fully saturated rings. The molecular weight excluding hydrogens is 717 g/mol. The number of hydrogen-bond donors (Lipinski definition) is 0. The molecule has 0 aliphatic heterocycles.